The number of nitrogens with zero attached hydrogens (tertiary/aromatic N) is 3. The zero-order valence-electron chi connectivity index (χ0n) is 70.9. The molecular weight excluding hydrogens is 1580 g/mol. The number of likely N-dealkylation sites (tertiary alicyclic amines) is 3. The number of aryl methyl sites for hydroxylation is 3. The molecule has 21 heteroatoms. The Morgan fingerprint density at radius 2 is 0.683 bits per heavy atom. The third-order valence-electron chi connectivity index (χ3n) is 22.2. The van der Waals surface area contributed by atoms with Crippen molar-refractivity contribution in [3.8, 4) is 51.7 Å². The average Bonchev–Trinajstić information content (AvgIpc) is 0.770. The number of carbonyl (C=O) groups excluding carboxylic acids is 2. The zero-order chi connectivity index (χ0) is 84.5. The molecule has 4 aliphatic rings. The van der Waals surface area contributed by atoms with E-state index in [0.717, 1.165) is 124 Å². The van der Waals surface area contributed by atoms with Crippen LogP contribution in [-0.2, 0) is 9.47 Å². The molecule has 9 aromatic carbocycles. The van der Waals surface area contributed by atoms with Crippen molar-refractivity contribution in [2.75, 3.05) is 84.6 Å². The maximum absolute atomic E-state index is 13.4. The second-order valence-corrected chi connectivity index (χ2v) is 34.9. The molecule has 0 aliphatic carbocycles. The number of halogens is 1. The number of benzene rings is 9. The van der Waals surface area contributed by atoms with Crippen LogP contribution in [0, 0.1) is 44.4 Å². The Hall–Kier alpha value is -10.9. The molecule has 20 nitrogen and oxygen atoms in total. The van der Waals surface area contributed by atoms with Crippen molar-refractivity contribution in [3.05, 3.63) is 229 Å². The van der Waals surface area contributed by atoms with Crippen molar-refractivity contribution >= 4 is 93.9 Å². The maximum atomic E-state index is 13.4. The molecule has 0 radical (unpaired) electrons. The summed E-state index contributed by atoms with van der Waals surface area (Å²) in [5, 5.41) is 7.61. The van der Waals surface area contributed by atoms with Crippen LogP contribution in [0.4, 0.5) is 9.59 Å². The number of para-hydroxylation sites is 3. The van der Waals surface area contributed by atoms with Gasteiger partial charge in [-0.05, 0) is 322 Å². The fourth-order valence-corrected chi connectivity index (χ4v) is 16.3. The minimum Gasteiger partial charge on any atom is -0.490 e. The third kappa shape index (κ3) is 23.8. The topological polar surface area (TPSA) is 220 Å². The van der Waals surface area contributed by atoms with Gasteiger partial charge in [-0.2, -0.15) is 0 Å². The molecular formula is C99H113BrN4O16. The van der Waals surface area contributed by atoms with Crippen molar-refractivity contribution in [2.45, 2.75) is 151 Å². The molecule has 4 fully saturated rings. The van der Waals surface area contributed by atoms with Gasteiger partial charge in [0.1, 0.15) is 62.4 Å². The normalized spacial score (nSPS) is 15.3. The molecule has 16 rings (SSSR count). The van der Waals surface area contributed by atoms with E-state index in [0.29, 0.717) is 157 Å². The summed E-state index contributed by atoms with van der Waals surface area (Å²) in [7, 11) is 2.17. The lowest BCUT2D eigenvalue weighted by atomic mass is 9.94. The summed E-state index contributed by atoms with van der Waals surface area (Å²) in [6, 6.07) is 55.9. The van der Waals surface area contributed by atoms with Crippen LogP contribution in [-0.4, -0.2) is 123 Å². The minimum atomic E-state index is -0.491. The monoisotopic (exact) mass is 1690 g/mol. The zero-order valence-corrected chi connectivity index (χ0v) is 72.4. The van der Waals surface area contributed by atoms with Gasteiger partial charge in [-0.3, -0.25) is 14.4 Å². The molecule has 2 amide bonds. The van der Waals surface area contributed by atoms with Crippen LogP contribution < -0.4 is 50.0 Å². The molecule has 3 aromatic heterocycles. The predicted octanol–water partition coefficient (Wildman–Crippen LogP) is 22.9. The lowest BCUT2D eigenvalue weighted by Crippen LogP contribution is -2.41. The number of fused-ring (bicyclic) bond motifs is 6. The van der Waals surface area contributed by atoms with Gasteiger partial charge in [0.15, 0.2) is 34.0 Å². The lowest BCUT2D eigenvalue weighted by Gasteiger charge is -2.33. The van der Waals surface area contributed by atoms with Gasteiger partial charge in [0.25, 0.3) is 0 Å². The van der Waals surface area contributed by atoms with Crippen LogP contribution in [0.15, 0.2) is 210 Å². The number of alkyl halides is 1. The summed E-state index contributed by atoms with van der Waals surface area (Å²) in [6.45, 7) is 26.5. The Kier molecular flexibility index (Phi) is 29.3. The number of ether oxygens (including phenoxy) is 8. The van der Waals surface area contributed by atoms with Crippen LogP contribution in [0.3, 0.4) is 0 Å². The van der Waals surface area contributed by atoms with Gasteiger partial charge in [0.05, 0.1) is 52.1 Å². The second kappa shape index (κ2) is 40.5. The Morgan fingerprint density at radius 3 is 0.992 bits per heavy atom. The third-order valence-corrected chi connectivity index (χ3v) is 22.7. The molecule has 0 atom stereocenters. The van der Waals surface area contributed by atoms with Gasteiger partial charge in [-0.25, -0.2) is 9.59 Å². The SMILES string of the molecule is CC(C)(C)OC(=O)N1CCC(CCBr)CC1.Cc1cc(OCCC2CCN(C(=O)OC(C)(C)C)CC2)c2oc3cc(Oc4ccccc4)ccc3c(=O)c2c1.Cc1cc(OCCC2CCN(C)CC2)c2oc3cc(Oc4ccccc4)ccc3c(=O)c2c1.Cc1cc(OCCC2CCNCC2)c2oc3cc(Oc4ccccc4)ccc3c(=O)c2c1. The van der Waals surface area contributed by atoms with Crippen LogP contribution in [0.1, 0.15) is 135 Å². The molecule has 7 heterocycles. The van der Waals surface area contributed by atoms with Crippen molar-refractivity contribution in [3.63, 3.8) is 0 Å². The van der Waals surface area contributed by atoms with Crippen LogP contribution in [0.25, 0.3) is 65.8 Å². The van der Waals surface area contributed by atoms with E-state index in [4.69, 9.17) is 51.1 Å². The number of carbonyl (C=O) groups is 2. The summed E-state index contributed by atoms with van der Waals surface area (Å²) in [5.74, 6) is 8.38. The minimum absolute atomic E-state index is 0.0543. The van der Waals surface area contributed by atoms with Crippen LogP contribution in [0.2, 0.25) is 0 Å². The van der Waals surface area contributed by atoms with E-state index >= 15 is 0 Å². The Labute approximate surface area is 710 Å². The van der Waals surface area contributed by atoms with Crippen LogP contribution >= 0.6 is 15.9 Å². The second-order valence-electron chi connectivity index (χ2n) is 34.1. The van der Waals surface area contributed by atoms with Gasteiger partial charge < -0.3 is 71.2 Å². The predicted molar refractivity (Wildman–Crippen MR) is 479 cm³/mol. The molecule has 120 heavy (non-hydrogen) atoms. The first-order valence-corrected chi connectivity index (χ1v) is 43.5. The van der Waals surface area contributed by atoms with E-state index in [1.807, 2.05) is 195 Å². The first kappa shape index (κ1) is 87.0. The number of hydrogen-bond donors (Lipinski definition) is 1. The van der Waals surface area contributed by atoms with E-state index in [9.17, 15) is 24.0 Å². The van der Waals surface area contributed by atoms with Gasteiger partial charge in [0, 0.05) is 49.7 Å². The molecule has 0 bridgehead atoms. The first-order chi connectivity index (χ1) is 57.8. The van der Waals surface area contributed by atoms with Gasteiger partial charge >= 0.3 is 12.2 Å². The highest BCUT2D eigenvalue weighted by atomic mass is 79.9. The highest BCUT2D eigenvalue weighted by Crippen LogP contribution is 2.38. The maximum Gasteiger partial charge on any atom is 0.410 e. The summed E-state index contributed by atoms with van der Waals surface area (Å²) in [4.78, 5) is 69.9. The van der Waals surface area contributed by atoms with Crippen molar-refractivity contribution in [1.29, 1.82) is 0 Å². The average molecular weight is 1690 g/mol. The van der Waals surface area contributed by atoms with Crippen molar-refractivity contribution in [1.82, 2.24) is 20.0 Å². The first-order valence-electron chi connectivity index (χ1n) is 42.3. The molecule has 0 unspecified atom stereocenters. The summed E-state index contributed by atoms with van der Waals surface area (Å²) >= 11 is 3.46. The van der Waals surface area contributed by atoms with E-state index in [-0.39, 0.29) is 34.1 Å². The molecule has 632 valence electrons. The quantitative estimate of drug-likeness (QED) is 0.0553. The molecule has 4 aliphatic heterocycles. The van der Waals surface area contributed by atoms with Crippen LogP contribution in [0.5, 0.6) is 51.7 Å². The van der Waals surface area contributed by atoms with Gasteiger partial charge in [0.2, 0.25) is 16.3 Å². The van der Waals surface area contributed by atoms with Crippen molar-refractivity contribution < 1.29 is 60.7 Å². The largest absolute Gasteiger partial charge is 0.490 e. The Morgan fingerprint density at radius 1 is 0.383 bits per heavy atom. The smallest absolute Gasteiger partial charge is 0.410 e. The number of amides is 2. The summed E-state index contributed by atoms with van der Waals surface area (Å²) < 4.78 is 65.9. The number of hydrogen-bond acceptors (Lipinski definition) is 18. The molecule has 1 N–H and O–H groups in total. The fourth-order valence-electron chi connectivity index (χ4n) is 15.7. The van der Waals surface area contributed by atoms with Crippen molar-refractivity contribution in [2.24, 2.45) is 23.7 Å². The van der Waals surface area contributed by atoms with E-state index in [1.165, 1.54) is 32.1 Å². The van der Waals surface area contributed by atoms with E-state index in [1.54, 1.807) is 59.5 Å². The Bertz CT molecular complexity index is 5660. The summed E-state index contributed by atoms with van der Waals surface area (Å²) in [6.07, 6.45) is 12.5. The molecule has 12 aromatic rings. The molecule has 0 saturated carbocycles. The number of nitrogens with one attached hydrogen (secondary N) is 1. The number of piperidine rings is 4. The summed E-state index contributed by atoms with van der Waals surface area (Å²) in [5.41, 5.74) is 4.66. The number of rotatable bonds is 20. The Balaban J connectivity index is 0.000000143. The van der Waals surface area contributed by atoms with Gasteiger partial charge in [-0.1, -0.05) is 70.5 Å². The van der Waals surface area contributed by atoms with Gasteiger partial charge in [-0.15, -0.1) is 0 Å². The highest BCUT2D eigenvalue weighted by molar-refractivity contribution is 9.09. The standard InChI is InChI=1S/C32H35NO6.C28H29NO4.C27H27NO4.C12H22BrNO2/c1-21-18-26-29(34)25-11-10-24(37-23-8-6-5-7-9-23)20-27(25)38-30(26)28(19-21)36-17-14-22-12-15-33(16-13-22)31(35)39-32(2,3)4;1-19-16-24-27(30)23-9-8-22(32-21-6-4-3-5-7-21)18-25(23)33-28(24)26(17-19)31-15-12-20-10-13-29(2)14-11-20;1-18-15-23-26(29)22-8-7-21(31-20-5-3-2-4-6-20)17-24(22)32-27(23)25(16-18)30-14-11-19-9-12-28-13-10-19;1-12(2,3)16-11(15)14-8-5-10(4-7-13)6-9-14/h5-11,18-20,22H,12-17H2,1-4H3;3-9,16-18,20H,10-15H2,1-2H3;2-8,15-17,19,28H,9-14H2,1H3;10H,4-9H2,1-3H3. The highest BCUT2D eigenvalue weighted by Gasteiger charge is 2.30. The van der Waals surface area contributed by atoms with E-state index in [2.05, 4.69) is 33.2 Å². The molecule has 0 spiro atoms. The lowest BCUT2D eigenvalue weighted by molar-refractivity contribution is 0.0169. The molecule has 4 saturated heterocycles. The fraction of sp³-hybridized carbons (Fsp3) is 0.404. The van der Waals surface area contributed by atoms with E-state index < -0.39 is 5.60 Å².